The van der Waals surface area contributed by atoms with Crippen molar-refractivity contribution in [3.05, 3.63) is 41.5 Å². The number of nitrogens with two attached hydrogens (primary N) is 1. The lowest BCUT2D eigenvalue weighted by Gasteiger charge is -2.24. The first-order valence-corrected chi connectivity index (χ1v) is 9.45. The molecule has 4 nitrogen and oxygen atoms in total. The molecular formula is C21H29N3O. The van der Waals surface area contributed by atoms with Gasteiger partial charge in [0.2, 0.25) is 0 Å². The third-order valence-corrected chi connectivity index (χ3v) is 5.10. The second-order valence-corrected chi connectivity index (χ2v) is 6.60. The monoisotopic (exact) mass is 339 g/mol. The van der Waals surface area contributed by atoms with Gasteiger partial charge in [-0.2, -0.15) is 0 Å². The molecule has 0 bridgehead atoms. The zero-order chi connectivity index (χ0) is 17.6. The minimum atomic E-state index is 0.571. The molecule has 0 atom stereocenters. The van der Waals surface area contributed by atoms with Crippen LogP contribution in [0, 0.1) is 0 Å². The number of likely N-dealkylation sites (N-methyl/N-ethyl adjacent to an activating group) is 1. The molecule has 0 aliphatic heterocycles. The van der Waals surface area contributed by atoms with E-state index in [-0.39, 0.29) is 0 Å². The Labute approximate surface area is 151 Å². The number of aromatic nitrogens is 1. The highest BCUT2D eigenvalue weighted by atomic mass is 16.5. The highest BCUT2D eigenvalue weighted by Crippen LogP contribution is 2.36. The van der Waals surface area contributed by atoms with Gasteiger partial charge in [-0.25, -0.2) is 4.98 Å². The van der Waals surface area contributed by atoms with Crippen LogP contribution < -0.4 is 10.5 Å². The van der Waals surface area contributed by atoms with Gasteiger partial charge in [0.05, 0.1) is 5.69 Å². The Hall–Kier alpha value is -2.07. The number of pyridine rings is 1. The van der Waals surface area contributed by atoms with Crippen molar-refractivity contribution in [3.63, 3.8) is 0 Å². The van der Waals surface area contributed by atoms with Gasteiger partial charge in [-0.15, -0.1) is 0 Å². The summed E-state index contributed by atoms with van der Waals surface area (Å²) in [4.78, 5) is 6.91. The Morgan fingerprint density at radius 1 is 1.04 bits per heavy atom. The van der Waals surface area contributed by atoms with Gasteiger partial charge in [0.1, 0.15) is 18.2 Å². The standard InChI is InChI=1S/C21H29N3O/c1-3-24(4-2)14-15-25-20-13-12-17(16-8-5-6-9-18(16)20)19-10-7-11-21(22)23-19/h7,10-13H,3-6,8-9,14-15H2,1-2H3,(H2,22,23). The number of anilines is 1. The van der Waals surface area contributed by atoms with E-state index in [1.54, 1.807) is 0 Å². The van der Waals surface area contributed by atoms with E-state index in [2.05, 4.69) is 35.9 Å². The molecule has 1 aliphatic carbocycles. The van der Waals surface area contributed by atoms with Crippen LogP contribution in [0.25, 0.3) is 11.3 Å². The van der Waals surface area contributed by atoms with E-state index < -0.39 is 0 Å². The molecule has 0 saturated heterocycles. The van der Waals surface area contributed by atoms with Crippen molar-refractivity contribution >= 4 is 5.82 Å². The summed E-state index contributed by atoms with van der Waals surface area (Å²) in [5.41, 5.74) is 10.8. The molecule has 0 spiro atoms. The summed E-state index contributed by atoms with van der Waals surface area (Å²) in [7, 11) is 0. The lowest BCUT2D eigenvalue weighted by Crippen LogP contribution is -2.28. The van der Waals surface area contributed by atoms with Crippen LogP contribution in [0.2, 0.25) is 0 Å². The van der Waals surface area contributed by atoms with E-state index in [0.29, 0.717) is 5.82 Å². The first-order valence-electron chi connectivity index (χ1n) is 9.45. The number of benzene rings is 1. The molecule has 1 aromatic heterocycles. The molecule has 25 heavy (non-hydrogen) atoms. The van der Waals surface area contributed by atoms with Crippen molar-refractivity contribution in [2.75, 3.05) is 32.0 Å². The summed E-state index contributed by atoms with van der Waals surface area (Å²) in [6, 6.07) is 10.1. The predicted octanol–water partition coefficient (Wildman–Crippen LogP) is 3.93. The molecular weight excluding hydrogens is 310 g/mol. The molecule has 3 rings (SSSR count). The van der Waals surface area contributed by atoms with E-state index in [9.17, 15) is 0 Å². The smallest absolute Gasteiger partial charge is 0.124 e. The van der Waals surface area contributed by atoms with Gasteiger partial charge in [-0.3, -0.25) is 0 Å². The molecule has 0 unspecified atom stereocenters. The van der Waals surface area contributed by atoms with E-state index in [1.165, 1.54) is 29.5 Å². The topological polar surface area (TPSA) is 51.4 Å². The quantitative estimate of drug-likeness (QED) is 0.830. The third kappa shape index (κ3) is 4.13. The molecule has 0 amide bonds. The van der Waals surface area contributed by atoms with E-state index in [1.807, 2.05) is 18.2 Å². The van der Waals surface area contributed by atoms with Crippen LogP contribution in [0.15, 0.2) is 30.3 Å². The highest BCUT2D eigenvalue weighted by Gasteiger charge is 2.19. The maximum absolute atomic E-state index is 6.17. The van der Waals surface area contributed by atoms with E-state index >= 15 is 0 Å². The van der Waals surface area contributed by atoms with E-state index in [4.69, 9.17) is 10.5 Å². The Balaban J connectivity index is 1.84. The molecule has 0 fully saturated rings. The average Bonchev–Trinajstić information content (AvgIpc) is 2.65. The number of rotatable bonds is 7. The van der Waals surface area contributed by atoms with E-state index in [0.717, 1.165) is 50.5 Å². The predicted molar refractivity (Wildman–Crippen MR) is 104 cm³/mol. The molecule has 0 radical (unpaired) electrons. The highest BCUT2D eigenvalue weighted by molar-refractivity contribution is 5.69. The summed E-state index contributed by atoms with van der Waals surface area (Å²) in [5, 5.41) is 0. The number of ether oxygens (including phenoxy) is 1. The fourth-order valence-electron chi connectivity index (χ4n) is 3.64. The number of hydrogen-bond donors (Lipinski definition) is 1. The summed E-state index contributed by atoms with van der Waals surface area (Å²) >= 11 is 0. The van der Waals surface area contributed by atoms with Crippen LogP contribution in [0.4, 0.5) is 5.82 Å². The second-order valence-electron chi connectivity index (χ2n) is 6.60. The van der Waals surface area contributed by atoms with Crippen molar-refractivity contribution < 1.29 is 4.74 Å². The summed E-state index contributed by atoms with van der Waals surface area (Å²) in [6.45, 7) is 8.23. The van der Waals surface area contributed by atoms with Gasteiger partial charge in [-0.1, -0.05) is 19.9 Å². The van der Waals surface area contributed by atoms with Crippen LogP contribution in [-0.4, -0.2) is 36.1 Å². The molecule has 1 heterocycles. The average molecular weight is 339 g/mol. The largest absolute Gasteiger partial charge is 0.492 e. The summed E-state index contributed by atoms with van der Waals surface area (Å²) in [5.74, 6) is 1.62. The molecule has 1 aromatic carbocycles. The maximum Gasteiger partial charge on any atom is 0.124 e. The maximum atomic E-state index is 6.17. The normalized spacial score (nSPS) is 13.7. The third-order valence-electron chi connectivity index (χ3n) is 5.10. The van der Waals surface area contributed by atoms with Crippen molar-refractivity contribution in [3.8, 4) is 17.0 Å². The second kappa shape index (κ2) is 8.34. The van der Waals surface area contributed by atoms with Crippen molar-refractivity contribution in [1.29, 1.82) is 0 Å². The number of nitrogen functional groups attached to an aromatic ring is 1. The Kier molecular flexibility index (Phi) is 5.92. The number of nitrogens with zero attached hydrogens (tertiary/aromatic N) is 2. The fraction of sp³-hybridized carbons (Fsp3) is 0.476. The zero-order valence-corrected chi connectivity index (χ0v) is 15.4. The van der Waals surface area contributed by atoms with Crippen molar-refractivity contribution in [2.24, 2.45) is 0 Å². The molecule has 1 aliphatic rings. The summed E-state index contributed by atoms with van der Waals surface area (Å²) < 4.78 is 6.17. The van der Waals surface area contributed by atoms with Gasteiger partial charge in [0.25, 0.3) is 0 Å². The van der Waals surface area contributed by atoms with Crippen LogP contribution in [0.1, 0.15) is 37.8 Å². The van der Waals surface area contributed by atoms with Gasteiger partial charge < -0.3 is 15.4 Å². The fourth-order valence-corrected chi connectivity index (χ4v) is 3.64. The minimum Gasteiger partial charge on any atom is -0.492 e. The van der Waals surface area contributed by atoms with Gasteiger partial charge in [0, 0.05) is 12.1 Å². The molecule has 2 aromatic rings. The number of fused-ring (bicyclic) bond motifs is 1. The summed E-state index contributed by atoms with van der Waals surface area (Å²) in [6.07, 6.45) is 4.64. The molecule has 2 N–H and O–H groups in total. The SMILES string of the molecule is CCN(CC)CCOc1ccc(-c2cccc(N)n2)c2c1CCCC2. The zero-order valence-electron chi connectivity index (χ0n) is 15.4. The molecule has 0 saturated carbocycles. The Morgan fingerprint density at radius 3 is 2.52 bits per heavy atom. The Morgan fingerprint density at radius 2 is 1.80 bits per heavy atom. The first-order chi connectivity index (χ1) is 12.2. The van der Waals surface area contributed by atoms with Gasteiger partial charge in [0.15, 0.2) is 0 Å². The Bertz CT molecular complexity index is 710. The lowest BCUT2D eigenvalue weighted by molar-refractivity contribution is 0.221. The molecule has 134 valence electrons. The molecule has 4 heteroatoms. The van der Waals surface area contributed by atoms with Crippen molar-refractivity contribution in [1.82, 2.24) is 9.88 Å². The first kappa shape index (κ1) is 17.7. The van der Waals surface area contributed by atoms with Crippen LogP contribution >= 0.6 is 0 Å². The minimum absolute atomic E-state index is 0.571. The van der Waals surface area contributed by atoms with Gasteiger partial charge >= 0.3 is 0 Å². The van der Waals surface area contributed by atoms with Crippen LogP contribution in [-0.2, 0) is 12.8 Å². The van der Waals surface area contributed by atoms with Crippen molar-refractivity contribution in [2.45, 2.75) is 39.5 Å². The van der Waals surface area contributed by atoms with Gasteiger partial charge in [-0.05, 0) is 74.2 Å². The lowest BCUT2D eigenvalue weighted by atomic mass is 9.86. The van der Waals surface area contributed by atoms with Crippen LogP contribution in [0.5, 0.6) is 5.75 Å². The van der Waals surface area contributed by atoms with Crippen LogP contribution in [0.3, 0.4) is 0 Å². The number of hydrogen-bond acceptors (Lipinski definition) is 4.